The van der Waals surface area contributed by atoms with Crippen LogP contribution < -0.4 is 0 Å². The van der Waals surface area contributed by atoms with Crippen molar-refractivity contribution in [2.24, 2.45) is 0 Å². The SMILES string of the molecule is CCCCOCCOCCOCCOCCOCCOCCOCCN(C)C. The van der Waals surface area contributed by atoms with Crippen molar-refractivity contribution < 1.29 is 33.2 Å². The van der Waals surface area contributed by atoms with E-state index in [1.807, 2.05) is 14.1 Å². The van der Waals surface area contributed by atoms with Gasteiger partial charge in [0.05, 0.1) is 85.9 Å². The summed E-state index contributed by atoms with van der Waals surface area (Å²) < 4.78 is 37.9. The molecule has 0 amide bonds. The molecule has 0 radical (unpaired) electrons. The second-order valence-corrected chi connectivity index (χ2v) is 6.44. The van der Waals surface area contributed by atoms with Gasteiger partial charge in [-0.15, -0.1) is 0 Å². The van der Waals surface area contributed by atoms with Gasteiger partial charge < -0.3 is 38.1 Å². The lowest BCUT2D eigenvalue weighted by atomic mass is 10.4. The number of rotatable bonds is 24. The maximum absolute atomic E-state index is 5.43. The average Bonchev–Trinajstić information content (AvgIpc) is 2.68. The highest BCUT2D eigenvalue weighted by Gasteiger charge is 1.95. The molecule has 0 aliphatic rings. The molecule has 0 saturated heterocycles. The zero-order valence-electron chi connectivity index (χ0n) is 18.3. The minimum absolute atomic E-state index is 0.558. The Bertz CT molecular complexity index is 283. The van der Waals surface area contributed by atoms with Crippen molar-refractivity contribution in [3.63, 3.8) is 0 Å². The van der Waals surface area contributed by atoms with Crippen LogP contribution in [-0.4, -0.2) is 118 Å². The van der Waals surface area contributed by atoms with Crippen LogP contribution in [0.5, 0.6) is 0 Å². The third-order valence-corrected chi connectivity index (χ3v) is 3.56. The molecule has 0 aliphatic carbocycles. The molecule has 0 atom stereocenters. The normalized spacial score (nSPS) is 11.6. The van der Waals surface area contributed by atoms with Crippen LogP contribution in [0, 0.1) is 0 Å². The van der Waals surface area contributed by atoms with E-state index in [4.69, 9.17) is 33.2 Å². The van der Waals surface area contributed by atoms with Crippen LogP contribution in [-0.2, 0) is 33.2 Å². The van der Waals surface area contributed by atoms with E-state index in [1.165, 1.54) is 0 Å². The van der Waals surface area contributed by atoms with E-state index in [0.717, 1.165) is 32.6 Å². The molecule has 28 heavy (non-hydrogen) atoms. The Kier molecular flexibility index (Phi) is 24.4. The second-order valence-electron chi connectivity index (χ2n) is 6.44. The van der Waals surface area contributed by atoms with E-state index >= 15 is 0 Å². The summed E-state index contributed by atoms with van der Waals surface area (Å²) in [5.41, 5.74) is 0. The first-order valence-electron chi connectivity index (χ1n) is 10.5. The molecule has 0 unspecified atom stereocenters. The van der Waals surface area contributed by atoms with Crippen molar-refractivity contribution in [2.75, 3.05) is 113 Å². The maximum atomic E-state index is 5.43. The van der Waals surface area contributed by atoms with E-state index in [-0.39, 0.29) is 0 Å². The Hall–Kier alpha value is -0.320. The standard InChI is InChI=1S/C20H43NO7/c1-4-5-7-22-9-11-24-13-15-26-17-19-28-20-18-27-16-14-25-12-10-23-8-6-21(2)3/h4-20H2,1-3H3. The van der Waals surface area contributed by atoms with Gasteiger partial charge in [0.2, 0.25) is 0 Å². The molecule has 0 heterocycles. The first-order valence-corrected chi connectivity index (χ1v) is 10.5. The van der Waals surface area contributed by atoms with Crippen molar-refractivity contribution in [1.29, 1.82) is 0 Å². The summed E-state index contributed by atoms with van der Waals surface area (Å²) >= 11 is 0. The Morgan fingerprint density at radius 2 is 0.714 bits per heavy atom. The lowest BCUT2D eigenvalue weighted by Crippen LogP contribution is -2.19. The van der Waals surface area contributed by atoms with Crippen LogP contribution in [0.4, 0.5) is 0 Å². The first kappa shape index (κ1) is 27.7. The zero-order chi connectivity index (χ0) is 20.5. The molecule has 0 aliphatic heterocycles. The van der Waals surface area contributed by atoms with Crippen LogP contribution >= 0.6 is 0 Å². The molecule has 0 aromatic rings. The molecule has 0 saturated carbocycles. The fraction of sp³-hybridized carbons (Fsp3) is 1.00. The van der Waals surface area contributed by atoms with E-state index in [1.54, 1.807) is 0 Å². The summed E-state index contributed by atoms with van der Waals surface area (Å²) in [6, 6.07) is 0. The quantitative estimate of drug-likeness (QED) is 0.222. The van der Waals surface area contributed by atoms with Crippen molar-refractivity contribution in [1.82, 2.24) is 4.90 Å². The Morgan fingerprint density at radius 1 is 0.429 bits per heavy atom. The van der Waals surface area contributed by atoms with Crippen LogP contribution in [0.3, 0.4) is 0 Å². The number of ether oxygens (including phenoxy) is 7. The van der Waals surface area contributed by atoms with Gasteiger partial charge in [-0.1, -0.05) is 13.3 Å². The molecule has 0 fully saturated rings. The van der Waals surface area contributed by atoms with Crippen molar-refractivity contribution >= 4 is 0 Å². The van der Waals surface area contributed by atoms with Crippen LogP contribution in [0.25, 0.3) is 0 Å². The fourth-order valence-electron chi connectivity index (χ4n) is 1.92. The summed E-state index contributed by atoms with van der Waals surface area (Å²) in [6.45, 7) is 11.7. The minimum atomic E-state index is 0.558. The summed E-state index contributed by atoms with van der Waals surface area (Å²) in [7, 11) is 4.05. The molecular weight excluding hydrogens is 366 g/mol. The van der Waals surface area contributed by atoms with Crippen molar-refractivity contribution in [3.8, 4) is 0 Å². The van der Waals surface area contributed by atoms with Gasteiger partial charge >= 0.3 is 0 Å². The predicted octanol–water partition coefficient (Wildman–Crippen LogP) is 1.46. The number of hydrogen-bond donors (Lipinski definition) is 0. The lowest BCUT2D eigenvalue weighted by molar-refractivity contribution is -0.0208. The molecule has 0 spiro atoms. The summed E-state index contributed by atoms with van der Waals surface area (Å²) in [4.78, 5) is 2.09. The number of unbranched alkanes of at least 4 members (excludes halogenated alkanes) is 1. The van der Waals surface area contributed by atoms with E-state index in [9.17, 15) is 0 Å². The topological polar surface area (TPSA) is 67.9 Å². The molecule has 0 rings (SSSR count). The molecule has 170 valence electrons. The first-order chi connectivity index (χ1) is 13.8. The van der Waals surface area contributed by atoms with Crippen LogP contribution in [0.15, 0.2) is 0 Å². The molecule has 0 aromatic carbocycles. The number of likely N-dealkylation sites (N-methyl/N-ethyl adjacent to an activating group) is 1. The third-order valence-electron chi connectivity index (χ3n) is 3.56. The van der Waals surface area contributed by atoms with Gasteiger partial charge in [-0.2, -0.15) is 0 Å². The second kappa shape index (κ2) is 24.7. The van der Waals surface area contributed by atoms with E-state index in [0.29, 0.717) is 79.3 Å². The van der Waals surface area contributed by atoms with Crippen molar-refractivity contribution in [3.05, 3.63) is 0 Å². The van der Waals surface area contributed by atoms with Gasteiger partial charge in [0, 0.05) is 13.2 Å². The summed E-state index contributed by atoms with van der Waals surface area (Å²) in [5, 5.41) is 0. The Balaban J connectivity index is 2.98. The minimum Gasteiger partial charge on any atom is -0.379 e. The highest BCUT2D eigenvalue weighted by Crippen LogP contribution is 1.88. The molecule has 8 nitrogen and oxygen atoms in total. The summed E-state index contributed by atoms with van der Waals surface area (Å²) in [6.07, 6.45) is 2.26. The van der Waals surface area contributed by atoms with Gasteiger partial charge in [0.25, 0.3) is 0 Å². The maximum Gasteiger partial charge on any atom is 0.0701 e. The summed E-state index contributed by atoms with van der Waals surface area (Å²) in [5.74, 6) is 0. The molecule has 0 N–H and O–H groups in total. The Morgan fingerprint density at radius 3 is 1.00 bits per heavy atom. The number of nitrogens with zero attached hydrogens (tertiary/aromatic N) is 1. The van der Waals surface area contributed by atoms with E-state index < -0.39 is 0 Å². The smallest absolute Gasteiger partial charge is 0.0701 e. The van der Waals surface area contributed by atoms with Gasteiger partial charge in [-0.3, -0.25) is 0 Å². The van der Waals surface area contributed by atoms with Crippen molar-refractivity contribution in [2.45, 2.75) is 19.8 Å². The zero-order valence-corrected chi connectivity index (χ0v) is 18.3. The fourth-order valence-corrected chi connectivity index (χ4v) is 1.92. The average molecular weight is 410 g/mol. The third kappa shape index (κ3) is 25.7. The predicted molar refractivity (Wildman–Crippen MR) is 109 cm³/mol. The Labute approximate surface area is 171 Å². The van der Waals surface area contributed by atoms with Crippen LogP contribution in [0.2, 0.25) is 0 Å². The monoisotopic (exact) mass is 409 g/mol. The lowest BCUT2D eigenvalue weighted by Gasteiger charge is -2.10. The van der Waals surface area contributed by atoms with Gasteiger partial charge in [-0.05, 0) is 20.5 Å². The van der Waals surface area contributed by atoms with Gasteiger partial charge in [-0.25, -0.2) is 0 Å². The van der Waals surface area contributed by atoms with E-state index in [2.05, 4.69) is 11.8 Å². The number of hydrogen-bond acceptors (Lipinski definition) is 8. The molecule has 8 heteroatoms. The molecule has 0 bridgehead atoms. The highest BCUT2D eigenvalue weighted by molar-refractivity contribution is 4.40. The van der Waals surface area contributed by atoms with Gasteiger partial charge in [0.15, 0.2) is 0 Å². The molecular formula is C20H43NO7. The highest BCUT2D eigenvalue weighted by atomic mass is 16.6. The molecule has 0 aromatic heterocycles. The largest absolute Gasteiger partial charge is 0.379 e. The van der Waals surface area contributed by atoms with Crippen LogP contribution in [0.1, 0.15) is 19.8 Å². The van der Waals surface area contributed by atoms with Gasteiger partial charge in [0.1, 0.15) is 0 Å².